The van der Waals surface area contributed by atoms with Gasteiger partial charge in [-0.05, 0) is 6.42 Å². The van der Waals surface area contributed by atoms with E-state index < -0.39 is 25.4 Å². The Morgan fingerprint density at radius 1 is 1.67 bits per heavy atom. The van der Waals surface area contributed by atoms with Crippen LogP contribution in [-0.2, 0) is 0 Å². The third-order valence-corrected chi connectivity index (χ3v) is 1.66. The molecular weight excluding hydrogens is 132 g/mol. The largest absolute Gasteiger partial charge is 0.575 e. The molecular formula is C4H6BF3O. The third-order valence-electron chi connectivity index (χ3n) is 1.66. The molecule has 1 N–H and O–H groups in total. The van der Waals surface area contributed by atoms with E-state index in [4.69, 9.17) is 5.11 Å². The van der Waals surface area contributed by atoms with Gasteiger partial charge in [-0.1, -0.05) is 0 Å². The Morgan fingerprint density at radius 3 is 2.33 bits per heavy atom. The van der Waals surface area contributed by atoms with Crippen LogP contribution in [0.25, 0.3) is 0 Å². The van der Waals surface area contributed by atoms with Crippen LogP contribution in [0.2, 0.25) is 0 Å². The van der Waals surface area contributed by atoms with Gasteiger partial charge in [0.25, 0.3) is 0 Å². The summed E-state index contributed by atoms with van der Waals surface area (Å²) >= 11 is 0. The molecule has 1 aliphatic rings. The molecule has 2 atom stereocenters. The quantitative estimate of drug-likeness (QED) is 0.556. The molecule has 0 aromatic heterocycles. The molecule has 1 saturated carbocycles. The number of aliphatic hydroxyl groups excluding tert-OH is 1. The molecule has 0 bridgehead atoms. The summed E-state index contributed by atoms with van der Waals surface area (Å²) in [6, 6.07) is 0. The molecule has 1 rings (SSSR count). The van der Waals surface area contributed by atoms with Crippen LogP contribution in [-0.4, -0.2) is 24.5 Å². The molecule has 0 heterocycles. The highest BCUT2D eigenvalue weighted by atomic mass is 19.2. The van der Waals surface area contributed by atoms with E-state index in [0.29, 0.717) is 0 Å². The van der Waals surface area contributed by atoms with Crippen LogP contribution in [0.15, 0.2) is 0 Å². The predicted molar refractivity (Wildman–Crippen MR) is 27.0 cm³/mol. The maximum Gasteiger partial charge on any atom is 0.575 e. The van der Waals surface area contributed by atoms with E-state index in [1.54, 1.807) is 0 Å². The van der Waals surface area contributed by atoms with Gasteiger partial charge in [-0.15, -0.1) is 0 Å². The van der Waals surface area contributed by atoms with Crippen LogP contribution in [0.1, 0.15) is 6.42 Å². The molecule has 0 aromatic carbocycles. The van der Waals surface area contributed by atoms with Crippen molar-refractivity contribution in [2.24, 2.45) is 5.92 Å². The van der Waals surface area contributed by atoms with Crippen molar-refractivity contribution in [3.8, 4) is 0 Å². The molecule has 0 aromatic rings. The fourth-order valence-corrected chi connectivity index (χ4v) is 0.802. The predicted octanol–water partition coefficient (Wildman–Crippen LogP) is 0.673. The lowest BCUT2D eigenvalue weighted by Gasteiger charge is -1.97. The summed E-state index contributed by atoms with van der Waals surface area (Å²) in [4.78, 5) is 0. The number of aliphatic hydroxyl groups is 1. The van der Waals surface area contributed by atoms with Crippen molar-refractivity contribution in [3.63, 3.8) is 0 Å². The number of hydrogen-bond acceptors (Lipinski definition) is 1. The molecule has 52 valence electrons. The minimum atomic E-state index is -2.94. The Hall–Kier alpha value is -0.185. The lowest BCUT2D eigenvalue weighted by molar-refractivity contribution is 0.237. The van der Waals surface area contributed by atoms with Gasteiger partial charge in [0.05, 0.1) is 0 Å². The Morgan fingerprint density at radius 2 is 2.22 bits per heavy atom. The first kappa shape index (κ1) is 6.93. The SMILES string of the molecule is OCC1CC1(F)B(F)F. The van der Waals surface area contributed by atoms with Crippen LogP contribution < -0.4 is 0 Å². The van der Waals surface area contributed by atoms with E-state index in [1.807, 2.05) is 0 Å². The van der Waals surface area contributed by atoms with E-state index in [1.165, 1.54) is 0 Å². The third kappa shape index (κ3) is 0.935. The van der Waals surface area contributed by atoms with Crippen molar-refractivity contribution in [3.05, 3.63) is 0 Å². The van der Waals surface area contributed by atoms with Crippen LogP contribution in [0, 0.1) is 5.92 Å². The summed E-state index contributed by atoms with van der Waals surface area (Å²) in [6.45, 7) is -0.471. The number of rotatable bonds is 2. The fraction of sp³-hybridized carbons (Fsp3) is 1.00. The summed E-state index contributed by atoms with van der Waals surface area (Å²) in [5.41, 5.74) is -2.37. The standard InChI is InChI=1S/C4H6BF3O/c6-4(5(7)8)1-3(4)2-9/h3,9H,1-2H2. The summed E-state index contributed by atoms with van der Waals surface area (Å²) in [6.07, 6.45) is -0.193. The molecule has 0 amide bonds. The fourth-order valence-electron chi connectivity index (χ4n) is 0.802. The zero-order chi connectivity index (χ0) is 7.07. The average molecular weight is 138 g/mol. The first-order chi connectivity index (χ1) is 4.11. The van der Waals surface area contributed by atoms with Gasteiger partial charge < -0.3 is 5.11 Å². The molecule has 0 saturated heterocycles. The zero-order valence-corrected chi connectivity index (χ0v) is 4.65. The average Bonchev–Trinajstić information content (AvgIpc) is 2.44. The van der Waals surface area contributed by atoms with Crippen molar-refractivity contribution in [1.29, 1.82) is 0 Å². The molecule has 5 heteroatoms. The monoisotopic (exact) mass is 138 g/mol. The van der Waals surface area contributed by atoms with Gasteiger partial charge in [0, 0.05) is 12.5 Å². The second-order valence-corrected chi connectivity index (χ2v) is 2.31. The van der Waals surface area contributed by atoms with E-state index in [2.05, 4.69) is 0 Å². The molecule has 0 radical (unpaired) electrons. The first-order valence-corrected chi connectivity index (χ1v) is 2.69. The normalized spacial score (nSPS) is 40.7. The van der Waals surface area contributed by atoms with Crippen molar-refractivity contribution in [1.82, 2.24) is 0 Å². The van der Waals surface area contributed by atoms with E-state index >= 15 is 0 Å². The zero-order valence-electron chi connectivity index (χ0n) is 4.65. The molecule has 1 fully saturated rings. The van der Waals surface area contributed by atoms with E-state index in [9.17, 15) is 13.0 Å². The van der Waals surface area contributed by atoms with Crippen LogP contribution in [0.4, 0.5) is 13.0 Å². The maximum absolute atomic E-state index is 12.4. The van der Waals surface area contributed by atoms with Crippen LogP contribution in [0.3, 0.4) is 0 Å². The van der Waals surface area contributed by atoms with Gasteiger partial charge in [0.2, 0.25) is 0 Å². The maximum atomic E-state index is 12.4. The first-order valence-electron chi connectivity index (χ1n) is 2.69. The smallest absolute Gasteiger partial charge is 0.396 e. The number of hydrogen-bond donors (Lipinski definition) is 1. The molecule has 0 aliphatic heterocycles. The topological polar surface area (TPSA) is 20.2 Å². The minimum Gasteiger partial charge on any atom is -0.396 e. The number of halogens is 3. The Kier molecular flexibility index (Phi) is 1.46. The van der Waals surface area contributed by atoms with Crippen molar-refractivity contribution in [2.45, 2.75) is 12.0 Å². The van der Waals surface area contributed by atoms with Gasteiger partial charge in [-0.2, -0.15) is 0 Å². The Balaban J connectivity index is 2.42. The molecule has 2 unspecified atom stereocenters. The van der Waals surface area contributed by atoms with E-state index in [0.717, 1.165) is 0 Å². The summed E-state index contributed by atoms with van der Waals surface area (Å²) in [7, 11) is -2.94. The summed E-state index contributed by atoms with van der Waals surface area (Å²) in [5, 5.41) is 8.22. The van der Waals surface area contributed by atoms with Crippen LogP contribution in [0.5, 0.6) is 0 Å². The van der Waals surface area contributed by atoms with Crippen LogP contribution >= 0.6 is 0 Å². The van der Waals surface area contributed by atoms with Gasteiger partial charge >= 0.3 is 7.27 Å². The Labute approximate surface area is 51.0 Å². The van der Waals surface area contributed by atoms with Gasteiger partial charge in [0.15, 0.2) is 5.57 Å². The highest BCUT2D eigenvalue weighted by Gasteiger charge is 2.65. The second-order valence-electron chi connectivity index (χ2n) is 2.31. The lowest BCUT2D eigenvalue weighted by atomic mass is 9.85. The lowest BCUT2D eigenvalue weighted by Crippen LogP contribution is -2.22. The molecule has 9 heavy (non-hydrogen) atoms. The van der Waals surface area contributed by atoms with Gasteiger partial charge in [-0.3, -0.25) is 8.63 Å². The molecule has 0 spiro atoms. The Bertz CT molecular complexity index is 120. The highest BCUT2D eigenvalue weighted by Crippen LogP contribution is 2.49. The van der Waals surface area contributed by atoms with Crippen molar-refractivity contribution < 1.29 is 18.1 Å². The summed E-state index contributed by atoms with van der Waals surface area (Å²) < 4.78 is 35.5. The van der Waals surface area contributed by atoms with Gasteiger partial charge in [-0.25, -0.2) is 4.39 Å². The van der Waals surface area contributed by atoms with Crippen molar-refractivity contribution >= 4 is 7.27 Å². The second kappa shape index (κ2) is 1.90. The van der Waals surface area contributed by atoms with Gasteiger partial charge in [0.1, 0.15) is 0 Å². The molecule has 1 aliphatic carbocycles. The van der Waals surface area contributed by atoms with Crippen molar-refractivity contribution in [2.75, 3.05) is 6.61 Å². The molecule has 1 nitrogen and oxygen atoms in total. The minimum absolute atomic E-state index is 0.193. The highest BCUT2D eigenvalue weighted by molar-refractivity contribution is 6.48. The number of alkyl halides is 1. The summed E-state index contributed by atoms with van der Waals surface area (Å²) in [5.74, 6) is -0.822. The van der Waals surface area contributed by atoms with E-state index in [-0.39, 0.29) is 6.42 Å².